The molecule has 72 valence electrons. The Bertz CT molecular complexity index is 140. The average molecular weight is 169 g/mol. The minimum atomic E-state index is 0.315. The van der Waals surface area contributed by atoms with Crippen LogP contribution in [0.3, 0.4) is 0 Å². The topological polar surface area (TPSA) is 23.9 Å². The molecule has 0 radical (unpaired) electrons. The van der Waals surface area contributed by atoms with Gasteiger partial charge in [0.2, 0.25) is 0 Å². The van der Waals surface area contributed by atoms with Crippen molar-refractivity contribution in [1.29, 1.82) is 5.41 Å². The van der Waals surface area contributed by atoms with E-state index in [0.717, 1.165) is 6.42 Å². The molecule has 0 heterocycles. The summed E-state index contributed by atoms with van der Waals surface area (Å²) in [4.78, 5) is 0. The second kappa shape index (κ2) is 4.06. The van der Waals surface area contributed by atoms with Crippen molar-refractivity contribution < 1.29 is 0 Å². The maximum atomic E-state index is 7.07. The smallest absolute Gasteiger partial charge is 0.00424 e. The van der Waals surface area contributed by atoms with Crippen LogP contribution < -0.4 is 0 Å². The van der Waals surface area contributed by atoms with Crippen molar-refractivity contribution in [3.8, 4) is 0 Å². The highest BCUT2D eigenvalue weighted by molar-refractivity contribution is 5.53. The van der Waals surface area contributed by atoms with Crippen molar-refractivity contribution >= 4 is 6.21 Å². The lowest BCUT2D eigenvalue weighted by atomic mass is 9.78. The van der Waals surface area contributed by atoms with E-state index in [1.165, 1.54) is 19.1 Å². The molecule has 0 saturated carbocycles. The van der Waals surface area contributed by atoms with Crippen LogP contribution in [0.2, 0.25) is 0 Å². The van der Waals surface area contributed by atoms with Gasteiger partial charge in [-0.05, 0) is 36.3 Å². The zero-order chi connectivity index (χ0) is 9.83. The molecule has 1 heteroatoms. The first-order chi connectivity index (χ1) is 5.27. The van der Waals surface area contributed by atoms with Gasteiger partial charge in [0.1, 0.15) is 0 Å². The third-order valence-electron chi connectivity index (χ3n) is 2.21. The Balaban J connectivity index is 3.83. The lowest BCUT2D eigenvalue weighted by Crippen LogP contribution is -2.16. The van der Waals surface area contributed by atoms with E-state index >= 15 is 0 Å². The summed E-state index contributed by atoms with van der Waals surface area (Å²) in [6.07, 6.45) is 4.89. The van der Waals surface area contributed by atoms with E-state index in [-0.39, 0.29) is 0 Å². The summed E-state index contributed by atoms with van der Waals surface area (Å²) >= 11 is 0. The quantitative estimate of drug-likeness (QED) is 0.618. The molecule has 0 atom stereocenters. The van der Waals surface area contributed by atoms with Crippen molar-refractivity contribution in [1.82, 2.24) is 0 Å². The molecule has 0 aromatic heterocycles. The van der Waals surface area contributed by atoms with Crippen LogP contribution >= 0.6 is 0 Å². The predicted molar refractivity (Wildman–Crippen MR) is 55.9 cm³/mol. The first-order valence-corrected chi connectivity index (χ1v) is 4.76. The minimum Gasteiger partial charge on any atom is -0.313 e. The van der Waals surface area contributed by atoms with E-state index in [9.17, 15) is 0 Å². The summed E-state index contributed by atoms with van der Waals surface area (Å²) in [5, 5.41) is 7.07. The molecule has 0 aromatic rings. The molecule has 0 spiro atoms. The van der Waals surface area contributed by atoms with Gasteiger partial charge in [-0.1, -0.05) is 34.6 Å². The minimum absolute atomic E-state index is 0.315. The standard InChI is InChI=1S/C11H23N/c1-10(2,3)6-7-11(4,5)8-9-12/h9,12H,6-8H2,1-5H3. The van der Waals surface area contributed by atoms with Gasteiger partial charge in [-0.2, -0.15) is 0 Å². The van der Waals surface area contributed by atoms with Gasteiger partial charge < -0.3 is 5.41 Å². The second-order valence-corrected chi connectivity index (χ2v) is 5.63. The summed E-state index contributed by atoms with van der Waals surface area (Å²) in [5.41, 5.74) is 0.744. The van der Waals surface area contributed by atoms with Crippen molar-refractivity contribution in [2.24, 2.45) is 10.8 Å². The fourth-order valence-corrected chi connectivity index (χ4v) is 1.09. The molecule has 1 N–H and O–H groups in total. The molecule has 0 aromatic carbocycles. The molecular formula is C11H23N. The molecule has 1 nitrogen and oxygen atoms in total. The second-order valence-electron chi connectivity index (χ2n) is 5.63. The third-order valence-corrected chi connectivity index (χ3v) is 2.21. The van der Waals surface area contributed by atoms with E-state index in [2.05, 4.69) is 34.6 Å². The van der Waals surface area contributed by atoms with Crippen LogP contribution in [0.15, 0.2) is 0 Å². The van der Waals surface area contributed by atoms with Crippen molar-refractivity contribution in [2.45, 2.75) is 53.9 Å². The first-order valence-electron chi connectivity index (χ1n) is 4.76. The normalized spacial score (nSPS) is 13.1. The summed E-state index contributed by atoms with van der Waals surface area (Å²) < 4.78 is 0. The number of hydrogen-bond donors (Lipinski definition) is 1. The molecule has 12 heavy (non-hydrogen) atoms. The zero-order valence-electron chi connectivity index (χ0n) is 9.20. The summed E-state index contributed by atoms with van der Waals surface area (Å²) in [7, 11) is 0. The van der Waals surface area contributed by atoms with E-state index in [0.29, 0.717) is 10.8 Å². The van der Waals surface area contributed by atoms with Crippen LogP contribution in [0.5, 0.6) is 0 Å². The van der Waals surface area contributed by atoms with Crippen LogP contribution in [0, 0.1) is 16.2 Å². The molecule has 0 saturated heterocycles. The Morgan fingerprint density at radius 3 is 1.83 bits per heavy atom. The molecule has 0 aliphatic rings. The Morgan fingerprint density at radius 2 is 1.50 bits per heavy atom. The fraction of sp³-hybridized carbons (Fsp3) is 0.909. The van der Waals surface area contributed by atoms with Gasteiger partial charge in [-0.15, -0.1) is 0 Å². The molecule has 0 amide bonds. The Kier molecular flexibility index (Phi) is 3.95. The number of nitrogens with one attached hydrogen (secondary N) is 1. The predicted octanol–water partition coefficient (Wildman–Crippen LogP) is 3.88. The zero-order valence-corrected chi connectivity index (χ0v) is 9.20. The molecule has 0 unspecified atom stereocenters. The van der Waals surface area contributed by atoms with Crippen molar-refractivity contribution in [3.05, 3.63) is 0 Å². The maximum Gasteiger partial charge on any atom is -0.00424 e. The van der Waals surface area contributed by atoms with Crippen LogP contribution in [-0.2, 0) is 0 Å². The molecular weight excluding hydrogens is 146 g/mol. The largest absolute Gasteiger partial charge is 0.313 e. The maximum absolute atomic E-state index is 7.07. The van der Waals surface area contributed by atoms with Crippen LogP contribution in [0.25, 0.3) is 0 Å². The summed E-state index contributed by atoms with van der Waals surface area (Å²) in [6.45, 7) is 11.3. The van der Waals surface area contributed by atoms with Gasteiger partial charge in [-0.3, -0.25) is 0 Å². The lowest BCUT2D eigenvalue weighted by Gasteiger charge is -2.27. The highest BCUT2D eigenvalue weighted by Crippen LogP contribution is 2.31. The van der Waals surface area contributed by atoms with E-state index in [1.54, 1.807) is 0 Å². The highest BCUT2D eigenvalue weighted by Gasteiger charge is 2.20. The van der Waals surface area contributed by atoms with Crippen molar-refractivity contribution in [2.75, 3.05) is 0 Å². The van der Waals surface area contributed by atoms with Gasteiger partial charge in [-0.25, -0.2) is 0 Å². The van der Waals surface area contributed by atoms with Gasteiger partial charge in [0.25, 0.3) is 0 Å². The summed E-state index contributed by atoms with van der Waals surface area (Å²) in [6, 6.07) is 0. The lowest BCUT2D eigenvalue weighted by molar-refractivity contribution is 0.263. The van der Waals surface area contributed by atoms with Gasteiger partial charge >= 0.3 is 0 Å². The van der Waals surface area contributed by atoms with Gasteiger partial charge in [0.05, 0.1) is 0 Å². The Labute approximate surface area is 77.1 Å². The molecule has 0 rings (SSSR count). The first kappa shape index (κ1) is 11.7. The summed E-state index contributed by atoms with van der Waals surface area (Å²) in [5.74, 6) is 0. The van der Waals surface area contributed by atoms with Gasteiger partial charge in [0, 0.05) is 0 Å². The van der Waals surface area contributed by atoms with Crippen molar-refractivity contribution in [3.63, 3.8) is 0 Å². The fourth-order valence-electron chi connectivity index (χ4n) is 1.09. The van der Waals surface area contributed by atoms with E-state index in [4.69, 9.17) is 5.41 Å². The van der Waals surface area contributed by atoms with Crippen LogP contribution in [0.1, 0.15) is 53.9 Å². The van der Waals surface area contributed by atoms with Gasteiger partial charge in [0.15, 0.2) is 0 Å². The number of rotatable bonds is 4. The Morgan fingerprint density at radius 1 is 1.00 bits per heavy atom. The molecule has 0 aliphatic heterocycles. The molecule has 0 fully saturated rings. The van der Waals surface area contributed by atoms with Crippen LogP contribution in [-0.4, -0.2) is 6.21 Å². The van der Waals surface area contributed by atoms with E-state index < -0.39 is 0 Å². The Hall–Kier alpha value is -0.330. The van der Waals surface area contributed by atoms with E-state index in [1.807, 2.05) is 0 Å². The highest BCUT2D eigenvalue weighted by atomic mass is 14.4. The number of hydrogen-bond acceptors (Lipinski definition) is 1. The molecule has 0 aliphatic carbocycles. The van der Waals surface area contributed by atoms with Crippen LogP contribution in [0.4, 0.5) is 0 Å². The SMILES string of the molecule is CC(C)(C)CCC(C)(C)CC=N. The average Bonchev–Trinajstić information content (AvgIpc) is 1.83. The third kappa shape index (κ3) is 6.38. The monoisotopic (exact) mass is 169 g/mol. The molecule has 0 bridgehead atoms.